The van der Waals surface area contributed by atoms with Crippen LogP contribution in [0.25, 0.3) is 0 Å². The van der Waals surface area contributed by atoms with Crippen LogP contribution in [0.3, 0.4) is 0 Å². The van der Waals surface area contributed by atoms with E-state index in [9.17, 15) is 24.3 Å². The van der Waals surface area contributed by atoms with Gasteiger partial charge in [-0.05, 0) is 138 Å². The fourth-order valence-corrected chi connectivity index (χ4v) is 8.56. The first-order valence-electron chi connectivity index (χ1n) is 22.3. The summed E-state index contributed by atoms with van der Waals surface area (Å²) in [6.45, 7) is 0.723. The first-order valence-corrected chi connectivity index (χ1v) is 22.3. The molecule has 1 aliphatic heterocycles. The van der Waals surface area contributed by atoms with E-state index in [-0.39, 0.29) is 43.5 Å². The molecule has 0 bridgehead atoms. The van der Waals surface area contributed by atoms with Crippen molar-refractivity contribution < 1.29 is 48.0 Å². The highest BCUT2D eigenvalue weighted by atomic mass is 16.6. The van der Waals surface area contributed by atoms with Gasteiger partial charge in [-0.3, -0.25) is 10.4 Å². The van der Waals surface area contributed by atoms with Crippen molar-refractivity contribution in [1.82, 2.24) is 44.7 Å². The highest BCUT2D eigenvalue weighted by Gasteiger charge is 2.35. The average molecular weight is 875 g/mol. The highest BCUT2D eigenvalue weighted by molar-refractivity contribution is 5.90. The Balaban J connectivity index is 0.000000153. The average Bonchev–Trinajstić information content (AvgIpc) is 4.11. The summed E-state index contributed by atoms with van der Waals surface area (Å²) in [5.41, 5.74) is 6.00. The van der Waals surface area contributed by atoms with Crippen LogP contribution in [-0.2, 0) is 76.8 Å². The number of aromatic amines is 1. The van der Waals surface area contributed by atoms with Crippen molar-refractivity contribution in [1.29, 1.82) is 0 Å². The zero-order valence-corrected chi connectivity index (χ0v) is 35.6. The Kier molecular flexibility index (Phi) is 16.6. The number of carbonyl (C=O) groups is 4. The number of H-pyrrole nitrogens is 1. The van der Waals surface area contributed by atoms with E-state index in [1.54, 1.807) is 0 Å². The number of aromatic nitrogens is 9. The first-order chi connectivity index (χ1) is 30.8. The number of aliphatic hydroxyl groups is 1. The van der Waals surface area contributed by atoms with Gasteiger partial charge in [0.25, 0.3) is 0 Å². The van der Waals surface area contributed by atoms with E-state index >= 15 is 0 Å². The molecule has 5 aliphatic carbocycles. The monoisotopic (exact) mass is 874 g/mol. The maximum Gasteiger partial charge on any atom is 0.412 e. The molecular formula is C43H58N10O10. The van der Waals surface area contributed by atoms with Crippen LogP contribution in [0.5, 0.6) is 0 Å². The third-order valence-corrected chi connectivity index (χ3v) is 11.8. The van der Waals surface area contributed by atoms with Crippen LogP contribution >= 0.6 is 0 Å². The van der Waals surface area contributed by atoms with Crippen molar-refractivity contribution in [3.63, 3.8) is 0 Å². The minimum atomic E-state index is -1.16. The Labute approximate surface area is 365 Å². The molecule has 0 spiro atoms. The lowest BCUT2D eigenvalue weighted by molar-refractivity contribution is -0.160. The zero-order chi connectivity index (χ0) is 43.8. The number of nitrogens with zero attached hydrogens (tertiary/aromatic N) is 8. The van der Waals surface area contributed by atoms with Gasteiger partial charge in [0.2, 0.25) is 6.10 Å². The number of carbonyl (C=O) groups excluding carboxylic acids is 4. The van der Waals surface area contributed by atoms with Crippen LogP contribution in [0.2, 0.25) is 0 Å². The number of esters is 3. The molecule has 1 saturated heterocycles. The number of hydrogen-bond donors (Lipinski definition) is 3. The van der Waals surface area contributed by atoms with Gasteiger partial charge in [0.05, 0.1) is 25.4 Å². The third kappa shape index (κ3) is 13.9. The molecule has 4 fully saturated rings. The van der Waals surface area contributed by atoms with E-state index in [2.05, 4.69) is 46.7 Å². The number of anilines is 1. The van der Waals surface area contributed by atoms with E-state index in [1.165, 1.54) is 82.4 Å². The van der Waals surface area contributed by atoms with E-state index < -0.39 is 30.2 Å². The molecule has 10 rings (SSSR count). The molecule has 3 saturated carbocycles. The number of fused-ring (bicyclic) bond motifs is 2. The van der Waals surface area contributed by atoms with Crippen molar-refractivity contribution in [2.75, 3.05) is 11.9 Å². The smallest absolute Gasteiger partial charge is 0.412 e. The molecule has 0 radical (unpaired) electrons. The molecule has 3 N–H and O–H groups in total. The number of hydrogen-bond acceptors (Lipinski definition) is 16. The van der Waals surface area contributed by atoms with Crippen molar-refractivity contribution in [2.45, 2.75) is 165 Å². The van der Waals surface area contributed by atoms with Crippen molar-refractivity contribution in [3.8, 4) is 0 Å². The maximum absolute atomic E-state index is 12.9. The Morgan fingerprint density at radius 1 is 0.714 bits per heavy atom. The number of aryl methyl sites for hydroxylation is 2. The van der Waals surface area contributed by atoms with Gasteiger partial charge in [0.1, 0.15) is 56.3 Å². The van der Waals surface area contributed by atoms with E-state index in [1.807, 2.05) is 0 Å². The second-order valence-corrected chi connectivity index (χ2v) is 16.5. The van der Waals surface area contributed by atoms with Gasteiger partial charge >= 0.3 is 24.0 Å². The van der Waals surface area contributed by atoms with Crippen molar-refractivity contribution >= 4 is 29.7 Å². The molecule has 63 heavy (non-hydrogen) atoms. The highest BCUT2D eigenvalue weighted by Crippen LogP contribution is 2.39. The number of rotatable bonds is 12. The summed E-state index contributed by atoms with van der Waals surface area (Å²) in [7, 11) is 0. The molecule has 3 aromatic heterocycles. The zero-order valence-electron chi connectivity index (χ0n) is 35.6. The summed E-state index contributed by atoms with van der Waals surface area (Å²) in [4.78, 5) is 59.4. The Hall–Kier alpha value is -5.76. The molecule has 4 aromatic rings. The number of nitrogens with one attached hydrogen (secondary N) is 2. The van der Waals surface area contributed by atoms with Gasteiger partial charge in [0.15, 0.2) is 12.2 Å². The maximum atomic E-state index is 12.9. The fourth-order valence-electron chi connectivity index (χ4n) is 8.56. The van der Waals surface area contributed by atoms with Gasteiger partial charge in [-0.2, -0.15) is 15.3 Å². The molecular weight excluding hydrogens is 817 g/mol. The molecule has 340 valence electrons. The van der Waals surface area contributed by atoms with Crippen LogP contribution in [0.4, 0.5) is 10.5 Å². The summed E-state index contributed by atoms with van der Waals surface area (Å²) in [5.74, 6) is -1.25. The lowest BCUT2D eigenvalue weighted by atomic mass is 9.99. The first kappa shape index (κ1) is 45.3. The summed E-state index contributed by atoms with van der Waals surface area (Å²) < 4.78 is 29.3. The second kappa shape index (κ2) is 23.1. The van der Waals surface area contributed by atoms with Gasteiger partial charge in [0, 0.05) is 0 Å². The van der Waals surface area contributed by atoms with E-state index in [0.29, 0.717) is 6.61 Å². The molecule has 1 aromatic carbocycles. The predicted molar refractivity (Wildman–Crippen MR) is 222 cm³/mol. The Bertz CT molecular complexity index is 1980. The van der Waals surface area contributed by atoms with E-state index in [0.717, 1.165) is 108 Å². The molecule has 4 heterocycles. The van der Waals surface area contributed by atoms with Crippen LogP contribution in [0.1, 0.15) is 112 Å². The number of epoxide rings is 1. The van der Waals surface area contributed by atoms with Gasteiger partial charge < -0.3 is 28.8 Å². The van der Waals surface area contributed by atoms with Crippen molar-refractivity contribution in [2.24, 2.45) is 0 Å². The summed E-state index contributed by atoms with van der Waals surface area (Å²) in [6, 6.07) is 2.31. The molecule has 6 aliphatic rings. The number of aliphatic hydroxyl groups excluding tert-OH is 1. The minimum absolute atomic E-state index is 0.0158. The molecule has 20 nitrogen and oxygen atoms in total. The van der Waals surface area contributed by atoms with Crippen LogP contribution in [-0.4, -0.2) is 117 Å². The van der Waals surface area contributed by atoms with Gasteiger partial charge in [-0.1, -0.05) is 6.07 Å². The molecule has 0 unspecified atom stereocenters. The topological polar surface area (TPSA) is 253 Å². The van der Waals surface area contributed by atoms with Crippen LogP contribution in [0.15, 0.2) is 44.0 Å². The SMILES string of the molecule is O=C(Nc1c2c(cc3c1CCC3)CCC2)O[C@H](Cn1cncn1)C(=O)OC1CCCC1.O=C(OC1CCCC1)[C@H](O)Cn1cncn1.O=C(OC1CCCC1)[C@H]1CO1.c1nc[nH]n1. The standard InChI is InChI=1S/C23H28N4O4.C10H15N3O3.C8H12O3.C2H3N3/c28-22(30-17-7-1-2-8-17)20(12-27-14-24-13-25-27)31-23(29)26-21-18-9-3-5-15(18)11-16-6-4-10-19(16)21;14-9(5-13-7-11-6-12-13)10(15)16-8-3-1-2-4-8;9-8(7-5-10-7)11-6-3-1-2-4-6;1-3-2-5-4-1/h11,13-14,17,20H,1-10,12H2,(H,26,29);6-9,14H,1-5H2;6-7H,1-5H2;1-2H,(H,3,4,5)/t20-;9-;7-;/m111./s1. The molecule has 20 heteroatoms. The minimum Gasteiger partial charge on any atom is -0.460 e. The predicted octanol–water partition coefficient (Wildman–Crippen LogP) is 4.16. The lowest BCUT2D eigenvalue weighted by Gasteiger charge is -2.21. The number of benzene rings is 1. The molecule has 3 atom stereocenters. The largest absolute Gasteiger partial charge is 0.460 e. The number of amides is 1. The van der Waals surface area contributed by atoms with Gasteiger partial charge in [-0.25, -0.2) is 43.5 Å². The third-order valence-electron chi connectivity index (χ3n) is 11.8. The van der Waals surface area contributed by atoms with Crippen LogP contribution in [0, 0.1) is 0 Å². The fraction of sp³-hybridized carbons (Fsp3) is 0.628. The Morgan fingerprint density at radius 3 is 1.73 bits per heavy atom. The summed E-state index contributed by atoms with van der Waals surface area (Å²) in [6.07, 6.45) is 24.2. The summed E-state index contributed by atoms with van der Waals surface area (Å²) >= 11 is 0. The van der Waals surface area contributed by atoms with Crippen molar-refractivity contribution in [3.05, 3.63) is 66.3 Å². The van der Waals surface area contributed by atoms with E-state index in [4.69, 9.17) is 23.7 Å². The normalized spacial score (nSPS) is 19.7. The quantitative estimate of drug-likeness (QED) is 0.103. The Morgan fingerprint density at radius 2 is 1.25 bits per heavy atom. The van der Waals surface area contributed by atoms with Crippen LogP contribution < -0.4 is 5.32 Å². The summed E-state index contributed by atoms with van der Waals surface area (Å²) in [5, 5.41) is 26.4. The molecule has 1 amide bonds. The second-order valence-electron chi connectivity index (χ2n) is 16.5. The lowest BCUT2D eigenvalue weighted by Crippen LogP contribution is -2.36. The van der Waals surface area contributed by atoms with Gasteiger partial charge in [-0.15, -0.1) is 0 Å². The number of ether oxygens (including phenoxy) is 5.